The lowest BCUT2D eigenvalue weighted by molar-refractivity contribution is -0.122. The van der Waals surface area contributed by atoms with Gasteiger partial charge in [0.2, 0.25) is 5.91 Å². The van der Waals surface area contributed by atoms with Crippen molar-refractivity contribution < 1.29 is 4.79 Å². The minimum absolute atomic E-state index is 0.0790. The van der Waals surface area contributed by atoms with Gasteiger partial charge in [0.15, 0.2) is 0 Å². The van der Waals surface area contributed by atoms with Crippen molar-refractivity contribution >= 4 is 28.8 Å². The Morgan fingerprint density at radius 1 is 1.63 bits per heavy atom. The summed E-state index contributed by atoms with van der Waals surface area (Å²) in [5.41, 5.74) is 1.29. The molecule has 2 rings (SSSR count). The average Bonchev–Trinajstić information content (AvgIpc) is 2.77. The van der Waals surface area contributed by atoms with Crippen LogP contribution in [0.4, 0.5) is 0 Å². The third-order valence-corrected chi connectivity index (χ3v) is 4.82. The van der Waals surface area contributed by atoms with Gasteiger partial charge in [-0.3, -0.25) is 10.1 Å². The first-order valence-electron chi connectivity index (χ1n) is 6.93. The van der Waals surface area contributed by atoms with Crippen molar-refractivity contribution in [2.45, 2.75) is 51.6 Å². The van der Waals surface area contributed by atoms with E-state index in [1.165, 1.54) is 10.4 Å². The molecule has 0 saturated carbocycles. The van der Waals surface area contributed by atoms with Gasteiger partial charge >= 0.3 is 0 Å². The molecule has 0 bridgehead atoms. The summed E-state index contributed by atoms with van der Waals surface area (Å²) in [5.74, 6) is 0.0790. The van der Waals surface area contributed by atoms with Crippen LogP contribution in [0.2, 0.25) is 4.34 Å². The van der Waals surface area contributed by atoms with Crippen molar-refractivity contribution in [1.82, 2.24) is 10.6 Å². The average molecular weight is 301 g/mol. The van der Waals surface area contributed by atoms with E-state index in [0.717, 1.165) is 36.6 Å². The standard InChI is InChI=1S/C14H21ClN2OS/c1-3-7-16-14(18)9(2)17-11-5-4-6-12-10(11)8-13(15)19-12/h8-9,11,17H,3-7H2,1-2H3,(H,16,18). The summed E-state index contributed by atoms with van der Waals surface area (Å²) in [4.78, 5) is 13.3. The van der Waals surface area contributed by atoms with Crippen LogP contribution in [0.15, 0.2) is 6.07 Å². The molecule has 2 unspecified atom stereocenters. The van der Waals surface area contributed by atoms with Crippen molar-refractivity contribution in [1.29, 1.82) is 0 Å². The highest BCUT2D eigenvalue weighted by atomic mass is 35.5. The number of amides is 1. The predicted octanol–water partition coefficient (Wildman–Crippen LogP) is 3.28. The normalized spacial score (nSPS) is 19.8. The van der Waals surface area contributed by atoms with E-state index >= 15 is 0 Å². The number of carbonyl (C=O) groups excluding carboxylic acids is 1. The number of thiophene rings is 1. The van der Waals surface area contributed by atoms with E-state index in [0.29, 0.717) is 0 Å². The van der Waals surface area contributed by atoms with Crippen LogP contribution in [-0.2, 0) is 11.2 Å². The van der Waals surface area contributed by atoms with Crippen molar-refractivity contribution in [3.8, 4) is 0 Å². The largest absolute Gasteiger partial charge is 0.355 e. The number of nitrogens with one attached hydrogen (secondary N) is 2. The molecule has 0 aliphatic heterocycles. The Morgan fingerprint density at radius 2 is 2.42 bits per heavy atom. The second-order valence-corrected chi connectivity index (χ2v) is 6.82. The first-order chi connectivity index (χ1) is 9.11. The summed E-state index contributed by atoms with van der Waals surface area (Å²) in [7, 11) is 0. The van der Waals surface area contributed by atoms with Gasteiger partial charge in [-0.2, -0.15) is 0 Å². The molecule has 1 aliphatic rings. The summed E-state index contributed by atoms with van der Waals surface area (Å²) >= 11 is 7.76. The molecule has 1 heterocycles. The van der Waals surface area contributed by atoms with Crippen LogP contribution >= 0.6 is 22.9 Å². The molecular formula is C14H21ClN2OS. The second kappa shape index (κ2) is 6.73. The van der Waals surface area contributed by atoms with Crippen molar-refractivity contribution in [3.05, 3.63) is 20.8 Å². The maximum absolute atomic E-state index is 11.9. The fourth-order valence-electron chi connectivity index (χ4n) is 2.47. The van der Waals surface area contributed by atoms with E-state index in [4.69, 9.17) is 11.6 Å². The van der Waals surface area contributed by atoms with E-state index in [9.17, 15) is 4.79 Å². The van der Waals surface area contributed by atoms with Crippen LogP contribution in [0.25, 0.3) is 0 Å². The van der Waals surface area contributed by atoms with Gasteiger partial charge in [-0.15, -0.1) is 11.3 Å². The molecule has 2 atom stereocenters. The molecule has 1 aromatic heterocycles. The summed E-state index contributed by atoms with van der Waals surface area (Å²) in [6, 6.07) is 2.14. The van der Waals surface area contributed by atoms with Gasteiger partial charge in [0.25, 0.3) is 0 Å². The van der Waals surface area contributed by atoms with Gasteiger partial charge in [-0.25, -0.2) is 0 Å². The third-order valence-electron chi connectivity index (χ3n) is 3.48. The number of rotatable bonds is 5. The Balaban J connectivity index is 1.98. The van der Waals surface area contributed by atoms with Crippen LogP contribution in [-0.4, -0.2) is 18.5 Å². The predicted molar refractivity (Wildman–Crippen MR) is 80.9 cm³/mol. The highest BCUT2D eigenvalue weighted by Gasteiger charge is 2.25. The fourth-order valence-corrected chi connectivity index (χ4v) is 3.86. The molecule has 106 valence electrons. The maximum Gasteiger partial charge on any atom is 0.236 e. The quantitative estimate of drug-likeness (QED) is 0.876. The molecular weight excluding hydrogens is 280 g/mol. The van der Waals surface area contributed by atoms with E-state index in [-0.39, 0.29) is 18.0 Å². The molecule has 1 aliphatic carbocycles. The lowest BCUT2D eigenvalue weighted by Crippen LogP contribution is -2.44. The number of carbonyl (C=O) groups is 1. The Labute approximate surface area is 123 Å². The lowest BCUT2D eigenvalue weighted by Gasteiger charge is -2.26. The second-order valence-electron chi connectivity index (χ2n) is 5.05. The fraction of sp³-hybridized carbons (Fsp3) is 0.643. The first-order valence-corrected chi connectivity index (χ1v) is 8.13. The molecule has 0 spiro atoms. The van der Waals surface area contributed by atoms with Gasteiger partial charge in [0, 0.05) is 17.5 Å². The van der Waals surface area contributed by atoms with Crippen LogP contribution in [0.3, 0.4) is 0 Å². The van der Waals surface area contributed by atoms with Gasteiger partial charge in [0.1, 0.15) is 0 Å². The molecule has 19 heavy (non-hydrogen) atoms. The number of fused-ring (bicyclic) bond motifs is 1. The minimum Gasteiger partial charge on any atom is -0.355 e. The van der Waals surface area contributed by atoms with Gasteiger partial charge in [-0.1, -0.05) is 18.5 Å². The summed E-state index contributed by atoms with van der Waals surface area (Å²) < 4.78 is 0.849. The van der Waals surface area contributed by atoms with E-state index in [1.54, 1.807) is 11.3 Å². The topological polar surface area (TPSA) is 41.1 Å². The molecule has 1 amide bonds. The molecule has 3 nitrogen and oxygen atoms in total. The smallest absolute Gasteiger partial charge is 0.236 e. The highest BCUT2D eigenvalue weighted by molar-refractivity contribution is 7.16. The number of aryl methyl sites for hydroxylation is 1. The zero-order valence-corrected chi connectivity index (χ0v) is 13.0. The SMILES string of the molecule is CCCNC(=O)C(C)NC1CCCc2sc(Cl)cc21. The van der Waals surface area contributed by atoms with Crippen LogP contribution in [0.1, 0.15) is 49.6 Å². The Kier molecular flexibility index (Phi) is 5.25. The number of hydrogen-bond donors (Lipinski definition) is 2. The highest BCUT2D eigenvalue weighted by Crippen LogP contribution is 2.37. The summed E-state index contributed by atoms with van der Waals surface area (Å²) in [6.07, 6.45) is 4.31. The van der Waals surface area contributed by atoms with Crippen molar-refractivity contribution in [2.75, 3.05) is 6.54 Å². The summed E-state index contributed by atoms with van der Waals surface area (Å²) in [5, 5.41) is 6.36. The molecule has 5 heteroatoms. The monoisotopic (exact) mass is 300 g/mol. The van der Waals surface area contributed by atoms with E-state index < -0.39 is 0 Å². The Morgan fingerprint density at radius 3 is 3.16 bits per heavy atom. The molecule has 0 fully saturated rings. The Bertz CT molecular complexity index is 447. The van der Waals surface area contributed by atoms with Crippen LogP contribution < -0.4 is 10.6 Å². The molecule has 0 radical (unpaired) electrons. The van der Waals surface area contributed by atoms with Crippen LogP contribution in [0, 0.1) is 0 Å². The van der Waals surface area contributed by atoms with E-state index in [1.807, 2.05) is 6.92 Å². The van der Waals surface area contributed by atoms with Crippen molar-refractivity contribution in [3.63, 3.8) is 0 Å². The summed E-state index contributed by atoms with van der Waals surface area (Å²) in [6.45, 7) is 4.72. The Hall–Kier alpha value is -0.580. The van der Waals surface area contributed by atoms with Gasteiger partial charge in [-0.05, 0) is 44.2 Å². The number of hydrogen-bond acceptors (Lipinski definition) is 3. The minimum atomic E-state index is -0.166. The first kappa shape index (κ1) is 14.8. The van der Waals surface area contributed by atoms with Gasteiger partial charge in [0.05, 0.1) is 10.4 Å². The van der Waals surface area contributed by atoms with Gasteiger partial charge < -0.3 is 5.32 Å². The molecule has 0 saturated heterocycles. The van der Waals surface area contributed by atoms with Crippen LogP contribution in [0.5, 0.6) is 0 Å². The van der Waals surface area contributed by atoms with E-state index in [2.05, 4.69) is 23.6 Å². The molecule has 1 aromatic rings. The lowest BCUT2D eigenvalue weighted by atomic mass is 9.93. The molecule has 2 N–H and O–H groups in total. The third kappa shape index (κ3) is 3.71. The number of halogens is 1. The van der Waals surface area contributed by atoms with Crippen molar-refractivity contribution in [2.24, 2.45) is 0 Å². The zero-order valence-electron chi connectivity index (χ0n) is 11.5. The maximum atomic E-state index is 11.9. The zero-order chi connectivity index (χ0) is 13.8. The molecule has 0 aromatic carbocycles.